The largest absolute Gasteiger partial charge is 0.414 e. The van der Waals surface area contributed by atoms with Crippen molar-refractivity contribution in [2.75, 3.05) is 6.61 Å². The molecule has 28 heavy (non-hydrogen) atoms. The summed E-state index contributed by atoms with van der Waals surface area (Å²) in [5, 5.41) is 10.1. The van der Waals surface area contributed by atoms with Crippen LogP contribution >= 0.6 is 0 Å². The zero-order valence-electron chi connectivity index (χ0n) is 19.7. The van der Waals surface area contributed by atoms with E-state index in [4.69, 9.17) is 4.43 Å². The van der Waals surface area contributed by atoms with Crippen LogP contribution in [-0.2, 0) is 4.43 Å². The fraction of sp³-hybridized carbons (Fsp3) is 0.920. The number of fused-ring (bicyclic) bond motifs is 1. The lowest BCUT2D eigenvalue weighted by Gasteiger charge is -2.49. The lowest BCUT2D eigenvalue weighted by Crippen LogP contribution is -2.49. The summed E-state index contributed by atoms with van der Waals surface area (Å²) in [6.07, 6.45) is 9.22. The first-order valence-electron chi connectivity index (χ1n) is 12.2. The van der Waals surface area contributed by atoms with Gasteiger partial charge in [0.15, 0.2) is 8.32 Å². The Bertz CT molecular complexity index is 493. The van der Waals surface area contributed by atoms with Gasteiger partial charge in [-0.05, 0) is 92.7 Å². The highest BCUT2D eigenvalue weighted by molar-refractivity contribution is 6.73. The molecule has 0 amide bonds. The van der Waals surface area contributed by atoms with Gasteiger partial charge in [0.05, 0.1) is 0 Å². The molecule has 0 saturated heterocycles. The molecule has 2 saturated carbocycles. The fourth-order valence-corrected chi connectivity index (χ4v) is 9.69. The van der Waals surface area contributed by atoms with Crippen LogP contribution in [0.25, 0.3) is 0 Å². The molecule has 2 fully saturated rings. The number of aliphatic hydroxyl groups is 1. The van der Waals surface area contributed by atoms with Crippen LogP contribution in [0.15, 0.2) is 12.2 Å². The topological polar surface area (TPSA) is 29.5 Å². The maximum absolute atomic E-state index is 10.1. The maximum atomic E-state index is 10.1. The highest BCUT2D eigenvalue weighted by Gasteiger charge is 2.54. The Morgan fingerprint density at radius 3 is 2.36 bits per heavy atom. The Hall–Kier alpha value is -0.123. The van der Waals surface area contributed by atoms with Gasteiger partial charge in [0.25, 0.3) is 0 Å². The van der Waals surface area contributed by atoms with Crippen molar-refractivity contribution >= 4 is 8.32 Å². The maximum Gasteiger partial charge on any atom is 0.192 e. The highest BCUT2D eigenvalue weighted by atomic mass is 28.4. The average Bonchev–Trinajstić information content (AvgIpc) is 3.04. The quantitative estimate of drug-likeness (QED) is 0.289. The van der Waals surface area contributed by atoms with Gasteiger partial charge in [0.1, 0.15) is 0 Å². The van der Waals surface area contributed by atoms with Crippen molar-refractivity contribution in [1.82, 2.24) is 0 Å². The van der Waals surface area contributed by atoms with E-state index in [1.54, 1.807) is 0 Å². The van der Waals surface area contributed by atoms with Gasteiger partial charge in [-0.25, -0.2) is 0 Å². The third-order valence-corrected chi connectivity index (χ3v) is 13.7. The lowest BCUT2D eigenvalue weighted by molar-refractivity contribution is -0.0300. The van der Waals surface area contributed by atoms with Gasteiger partial charge >= 0.3 is 0 Å². The minimum absolute atomic E-state index is 0.323. The predicted octanol–water partition coefficient (Wildman–Crippen LogP) is 7.19. The van der Waals surface area contributed by atoms with Crippen LogP contribution in [0.2, 0.25) is 18.1 Å². The van der Waals surface area contributed by atoms with E-state index in [9.17, 15) is 5.11 Å². The number of hydrogen-bond donors (Lipinski definition) is 1. The van der Waals surface area contributed by atoms with Crippen LogP contribution in [0.5, 0.6) is 0 Å². The van der Waals surface area contributed by atoms with Gasteiger partial charge < -0.3 is 9.53 Å². The summed E-state index contributed by atoms with van der Waals surface area (Å²) in [7, 11) is -1.55. The van der Waals surface area contributed by atoms with Crippen molar-refractivity contribution in [3.8, 4) is 0 Å². The smallest absolute Gasteiger partial charge is 0.192 e. The summed E-state index contributed by atoms with van der Waals surface area (Å²) in [6.45, 7) is 18.6. The first-order valence-corrected chi connectivity index (χ1v) is 14.7. The minimum Gasteiger partial charge on any atom is -0.414 e. The summed E-state index contributed by atoms with van der Waals surface area (Å²) in [5.74, 6) is 2.45. The van der Waals surface area contributed by atoms with Crippen molar-refractivity contribution in [3.05, 3.63) is 12.2 Å². The second kappa shape index (κ2) is 10.3. The molecule has 0 aliphatic heterocycles. The molecule has 6 atom stereocenters. The predicted molar refractivity (Wildman–Crippen MR) is 124 cm³/mol. The molecule has 0 spiro atoms. The van der Waals surface area contributed by atoms with Crippen LogP contribution in [0.3, 0.4) is 0 Å². The Kier molecular flexibility index (Phi) is 8.85. The molecule has 2 rings (SSSR count). The zero-order valence-corrected chi connectivity index (χ0v) is 20.7. The van der Waals surface area contributed by atoms with E-state index in [2.05, 4.69) is 48.1 Å². The number of hydrogen-bond acceptors (Lipinski definition) is 2. The van der Waals surface area contributed by atoms with E-state index in [-0.39, 0.29) is 0 Å². The monoisotopic (exact) mass is 408 g/mol. The molecule has 1 N–H and O–H groups in total. The van der Waals surface area contributed by atoms with Crippen LogP contribution in [0, 0.1) is 29.1 Å². The second-order valence-corrected chi connectivity index (χ2v) is 15.1. The second-order valence-electron chi connectivity index (χ2n) is 10.4. The molecule has 0 aromatic rings. The standard InChI is InChI=1S/C25H48O2Si/c1-8-28(9-2,10-3)27-24-12-11-17-25(7)22(15-16-23(24)25)20(6)21(18-26)14-13-19(4)5/h20-24,26H,4,8-18H2,1-3,5-7H3/t20-,21?,22?,23?,24+,25-/m1/s1. The van der Waals surface area contributed by atoms with Crippen molar-refractivity contribution in [2.24, 2.45) is 29.1 Å². The molecule has 0 heterocycles. The summed E-state index contributed by atoms with van der Waals surface area (Å²) in [4.78, 5) is 0. The number of allylic oxidation sites excluding steroid dienone is 1. The lowest BCUT2D eigenvalue weighted by atomic mass is 9.60. The summed E-state index contributed by atoms with van der Waals surface area (Å²) in [5.41, 5.74) is 1.64. The molecule has 164 valence electrons. The normalized spacial score (nSPS) is 32.8. The first-order chi connectivity index (χ1) is 13.3. The molecule has 2 aliphatic rings. The molecule has 0 radical (unpaired) electrons. The third-order valence-electron chi connectivity index (χ3n) is 9.02. The molecule has 0 aromatic carbocycles. The Morgan fingerprint density at radius 1 is 1.18 bits per heavy atom. The summed E-state index contributed by atoms with van der Waals surface area (Å²) in [6, 6.07) is 3.77. The number of rotatable bonds is 11. The SMILES string of the molecule is C=C(C)CCC(CO)[C@@H](C)C1CCC2[C@@H](O[Si](CC)(CC)CC)CCC[C@]12C. The molecule has 3 unspecified atom stereocenters. The molecular weight excluding hydrogens is 360 g/mol. The molecular formula is C25H48O2Si. The van der Waals surface area contributed by atoms with Crippen LogP contribution in [0.1, 0.15) is 86.5 Å². The van der Waals surface area contributed by atoms with Gasteiger partial charge in [-0.2, -0.15) is 0 Å². The van der Waals surface area contributed by atoms with E-state index in [1.807, 2.05) is 0 Å². The average molecular weight is 409 g/mol. The minimum atomic E-state index is -1.55. The zero-order chi connectivity index (χ0) is 20.9. The fourth-order valence-electron chi connectivity index (χ4n) is 6.77. The Balaban J connectivity index is 2.15. The van der Waals surface area contributed by atoms with Gasteiger partial charge in [-0.3, -0.25) is 0 Å². The van der Waals surface area contributed by atoms with Crippen molar-refractivity contribution in [2.45, 2.75) is 111 Å². The van der Waals surface area contributed by atoms with Crippen LogP contribution < -0.4 is 0 Å². The molecule has 0 aromatic heterocycles. The van der Waals surface area contributed by atoms with E-state index >= 15 is 0 Å². The first kappa shape index (κ1) is 24.1. The van der Waals surface area contributed by atoms with E-state index in [0.29, 0.717) is 30.0 Å². The van der Waals surface area contributed by atoms with E-state index in [0.717, 1.165) is 24.7 Å². The van der Waals surface area contributed by atoms with E-state index < -0.39 is 8.32 Å². The Morgan fingerprint density at radius 2 is 1.82 bits per heavy atom. The van der Waals surface area contributed by atoms with Crippen molar-refractivity contribution in [3.63, 3.8) is 0 Å². The Labute approximate surface area is 176 Å². The van der Waals surface area contributed by atoms with Gasteiger partial charge in [0.2, 0.25) is 0 Å². The van der Waals surface area contributed by atoms with Gasteiger partial charge in [-0.15, -0.1) is 6.58 Å². The van der Waals surface area contributed by atoms with Crippen molar-refractivity contribution < 1.29 is 9.53 Å². The molecule has 2 aliphatic carbocycles. The van der Waals surface area contributed by atoms with Gasteiger partial charge in [-0.1, -0.05) is 46.6 Å². The van der Waals surface area contributed by atoms with Crippen LogP contribution in [-0.4, -0.2) is 26.1 Å². The van der Waals surface area contributed by atoms with Crippen molar-refractivity contribution in [1.29, 1.82) is 0 Å². The summed E-state index contributed by atoms with van der Waals surface area (Å²) >= 11 is 0. The van der Waals surface area contributed by atoms with Gasteiger partial charge in [0, 0.05) is 12.7 Å². The molecule has 3 heteroatoms. The van der Waals surface area contributed by atoms with Crippen LogP contribution in [0.4, 0.5) is 0 Å². The van der Waals surface area contributed by atoms with E-state index in [1.165, 1.54) is 55.8 Å². The number of aliphatic hydroxyl groups excluding tert-OH is 1. The summed E-state index contributed by atoms with van der Waals surface area (Å²) < 4.78 is 7.08. The highest BCUT2D eigenvalue weighted by Crippen LogP contribution is 2.59. The molecule has 2 nitrogen and oxygen atoms in total. The third kappa shape index (κ3) is 4.95. The molecule has 0 bridgehead atoms.